The van der Waals surface area contributed by atoms with Crippen LogP contribution in [0.1, 0.15) is 28.8 Å². The van der Waals surface area contributed by atoms with Crippen molar-refractivity contribution in [3.05, 3.63) is 77.3 Å². The number of amides is 3. The van der Waals surface area contributed by atoms with Gasteiger partial charge in [0, 0.05) is 31.0 Å². The highest BCUT2D eigenvalue weighted by atomic mass is 32.1. The fourth-order valence-corrected chi connectivity index (χ4v) is 4.78. The zero-order valence-corrected chi connectivity index (χ0v) is 16.8. The Morgan fingerprint density at radius 2 is 1.87 bits per heavy atom. The summed E-state index contributed by atoms with van der Waals surface area (Å²) in [6.07, 6.45) is 1.99. The van der Waals surface area contributed by atoms with Gasteiger partial charge in [-0.3, -0.25) is 24.6 Å². The maximum atomic E-state index is 13.6. The Hall–Kier alpha value is -3.52. The molecule has 1 unspecified atom stereocenters. The molecule has 1 fully saturated rings. The summed E-state index contributed by atoms with van der Waals surface area (Å²) in [4.78, 5) is 47.4. The van der Waals surface area contributed by atoms with Crippen molar-refractivity contribution in [1.29, 1.82) is 0 Å². The summed E-state index contributed by atoms with van der Waals surface area (Å²) in [5.41, 5.74) is 0.334. The first-order valence-electron chi connectivity index (χ1n) is 9.60. The number of thiazole rings is 1. The first-order chi connectivity index (χ1) is 14.6. The maximum absolute atomic E-state index is 13.6. The van der Waals surface area contributed by atoms with E-state index < -0.39 is 11.6 Å². The molecular formula is C22H18N4O3S. The van der Waals surface area contributed by atoms with Gasteiger partial charge in [-0.05, 0) is 17.7 Å². The summed E-state index contributed by atoms with van der Waals surface area (Å²) in [5, 5.41) is 5.01. The van der Waals surface area contributed by atoms with Crippen molar-refractivity contribution in [2.24, 2.45) is 0 Å². The lowest BCUT2D eigenvalue weighted by atomic mass is 9.94. The molecule has 150 valence electrons. The Kier molecular flexibility index (Phi) is 4.36. The summed E-state index contributed by atoms with van der Waals surface area (Å²) in [7, 11) is 0. The molecule has 3 aromatic rings. The summed E-state index contributed by atoms with van der Waals surface area (Å²) in [6, 6.07) is 16.4. The summed E-state index contributed by atoms with van der Waals surface area (Å²) < 4.78 is 0. The van der Waals surface area contributed by atoms with Crippen molar-refractivity contribution in [2.75, 3.05) is 10.2 Å². The number of hydrogen-bond acceptors (Lipinski definition) is 5. The van der Waals surface area contributed by atoms with E-state index in [9.17, 15) is 14.4 Å². The zero-order valence-electron chi connectivity index (χ0n) is 15.9. The molecule has 1 N–H and O–H groups in total. The van der Waals surface area contributed by atoms with Gasteiger partial charge in [0.15, 0.2) is 5.13 Å². The zero-order chi connectivity index (χ0) is 20.7. The lowest BCUT2D eigenvalue weighted by molar-refractivity contribution is -0.129. The van der Waals surface area contributed by atoms with Crippen molar-refractivity contribution < 1.29 is 14.4 Å². The number of nitrogens with one attached hydrogen (secondary N) is 1. The normalized spacial score (nSPS) is 20.1. The van der Waals surface area contributed by atoms with Gasteiger partial charge in [0.2, 0.25) is 11.6 Å². The lowest BCUT2D eigenvalue weighted by Crippen LogP contribution is -2.69. The van der Waals surface area contributed by atoms with Crippen molar-refractivity contribution >= 4 is 39.9 Å². The minimum atomic E-state index is -1.44. The second-order valence-electron chi connectivity index (χ2n) is 7.23. The van der Waals surface area contributed by atoms with Crippen LogP contribution in [0.15, 0.2) is 66.2 Å². The molecule has 2 aliphatic heterocycles. The standard InChI is InChI=1S/C22H18N4O3S/c27-18-10-11-22(20(29)24-21-23-12-13-30-21)25(14-15-6-2-1-3-7-15)19(28)16-8-4-5-9-17(16)26(18)22/h1-9,12-13H,10-11,14H2,(H,23,24,29). The highest BCUT2D eigenvalue weighted by Gasteiger charge is 2.60. The van der Waals surface area contributed by atoms with Crippen LogP contribution in [0.2, 0.25) is 0 Å². The Morgan fingerprint density at radius 3 is 2.63 bits per heavy atom. The smallest absolute Gasteiger partial charge is 0.273 e. The number of rotatable bonds is 4. The highest BCUT2D eigenvalue weighted by Crippen LogP contribution is 2.45. The number of para-hydroxylation sites is 1. The van der Waals surface area contributed by atoms with Gasteiger partial charge in [-0.2, -0.15) is 0 Å². The molecule has 0 spiro atoms. The number of anilines is 2. The van der Waals surface area contributed by atoms with Crippen molar-refractivity contribution in [3.8, 4) is 0 Å². The number of aromatic nitrogens is 1. The number of hydrogen-bond donors (Lipinski definition) is 1. The van der Waals surface area contributed by atoms with Crippen LogP contribution in [0.3, 0.4) is 0 Å². The number of carbonyl (C=O) groups excluding carboxylic acids is 3. The van der Waals surface area contributed by atoms with Gasteiger partial charge in [0.05, 0.1) is 11.3 Å². The van der Waals surface area contributed by atoms with Gasteiger partial charge < -0.3 is 4.90 Å². The maximum Gasteiger partial charge on any atom is 0.273 e. The molecule has 5 rings (SSSR count). The van der Waals surface area contributed by atoms with Crippen LogP contribution >= 0.6 is 11.3 Å². The van der Waals surface area contributed by atoms with Gasteiger partial charge in [0.1, 0.15) is 0 Å². The van der Waals surface area contributed by atoms with E-state index in [1.165, 1.54) is 21.1 Å². The molecule has 7 nitrogen and oxygen atoms in total. The third-order valence-corrected chi connectivity index (χ3v) is 6.26. The largest absolute Gasteiger partial charge is 0.302 e. The van der Waals surface area contributed by atoms with Crippen molar-refractivity contribution in [1.82, 2.24) is 9.88 Å². The second-order valence-corrected chi connectivity index (χ2v) is 8.13. The molecule has 0 saturated carbocycles. The fourth-order valence-electron chi connectivity index (χ4n) is 4.25. The third kappa shape index (κ3) is 2.72. The van der Waals surface area contributed by atoms with E-state index in [2.05, 4.69) is 10.3 Å². The first kappa shape index (κ1) is 18.5. The molecule has 0 radical (unpaired) electrons. The predicted octanol–water partition coefficient (Wildman–Crippen LogP) is 3.26. The molecule has 0 aliphatic carbocycles. The van der Waals surface area contributed by atoms with E-state index in [1.54, 1.807) is 35.8 Å². The number of benzene rings is 2. The van der Waals surface area contributed by atoms with E-state index in [1.807, 2.05) is 30.3 Å². The quantitative estimate of drug-likeness (QED) is 0.705. The fraction of sp³-hybridized carbons (Fsp3) is 0.182. The van der Waals surface area contributed by atoms with Crippen LogP contribution in [0.4, 0.5) is 10.8 Å². The van der Waals surface area contributed by atoms with E-state index in [4.69, 9.17) is 0 Å². The summed E-state index contributed by atoms with van der Waals surface area (Å²) in [6.45, 7) is 0.211. The molecule has 3 heterocycles. The number of nitrogens with zero attached hydrogens (tertiary/aromatic N) is 3. The highest BCUT2D eigenvalue weighted by molar-refractivity contribution is 7.13. The van der Waals surface area contributed by atoms with Gasteiger partial charge in [0.25, 0.3) is 11.8 Å². The Balaban J connectivity index is 1.67. The molecule has 1 saturated heterocycles. The van der Waals surface area contributed by atoms with E-state index in [0.29, 0.717) is 16.4 Å². The topological polar surface area (TPSA) is 82.6 Å². The van der Waals surface area contributed by atoms with Crippen LogP contribution in [0, 0.1) is 0 Å². The summed E-state index contributed by atoms with van der Waals surface area (Å²) >= 11 is 1.29. The SMILES string of the molecule is O=C1c2ccccc2N2C(=O)CCC2(C(=O)Nc2nccs2)N1Cc1ccccc1. The molecule has 2 aromatic carbocycles. The van der Waals surface area contributed by atoms with Gasteiger partial charge in [-0.25, -0.2) is 4.98 Å². The first-order valence-corrected chi connectivity index (χ1v) is 10.5. The predicted molar refractivity (Wildman–Crippen MR) is 113 cm³/mol. The minimum absolute atomic E-state index is 0.178. The molecule has 30 heavy (non-hydrogen) atoms. The molecule has 1 atom stereocenters. The minimum Gasteiger partial charge on any atom is -0.302 e. The molecular weight excluding hydrogens is 400 g/mol. The monoisotopic (exact) mass is 418 g/mol. The van der Waals surface area contributed by atoms with Crippen LogP contribution < -0.4 is 10.2 Å². The van der Waals surface area contributed by atoms with Crippen LogP contribution in [0.25, 0.3) is 0 Å². The Labute approximate surface area is 177 Å². The Morgan fingerprint density at radius 1 is 1.10 bits per heavy atom. The van der Waals surface area contributed by atoms with E-state index in [-0.39, 0.29) is 31.2 Å². The average molecular weight is 418 g/mol. The lowest BCUT2D eigenvalue weighted by Gasteiger charge is -2.49. The molecule has 8 heteroatoms. The van der Waals surface area contributed by atoms with E-state index >= 15 is 0 Å². The molecule has 1 aromatic heterocycles. The van der Waals surface area contributed by atoms with Crippen LogP contribution in [0.5, 0.6) is 0 Å². The molecule has 3 amide bonds. The van der Waals surface area contributed by atoms with Crippen LogP contribution in [-0.2, 0) is 16.1 Å². The summed E-state index contributed by atoms with van der Waals surface area (Å²) in [5.74, 6) is -0.876. The van der Waals surface area contributed by atoms with Crippen molar-refractivity contribution in [3.63, 3.8) is 0 Å². The number of carbonyl (C=O) groups is 3. The second kappa shape index (κ2) is 7.07. The van der Waals surface area contributed by atoms with Gasteiger partial charge >= 0.3 is 0 Å². The van der Waals surface area contributed by atoms with Crippen LogP contribution in [-0.4, -0.2) is 33.3 Å². The van der Waals surface area contributed by atoms with Gasteiger partial charge in [-0.1, -0.05) is 42.5 Å². The molecule has 2 aliphatic rings. The molecule has 0 bridgehead atoms. The number of fused-ring (bicyclic) bond motifs is 3. The van der Waals surface area contributed by atoms with Gasteiger partial charge in [-0.15, -0.1) is 11.3 Å². The van der Waals surface area contributed by atoms with E-state index in [0.717, 1.165) is 5.56 Å². The average Bonchev–Trinajstić information content (AvgIpc) is 3.40. The third-order valence-electron chi connectivity index (χ3n) is 5.57. The Bertz CT molecular complexity index is 1130. The van der Waals surface area contributed by atoms with Crippen molar-refractivity contribution in [2.45, 2.75) is 25.0 Å².